The third kappa shape index (κ3) is 9.25. The first-order valence-electron chi connectivity index (χ1n) is 22.2. The van der Waals surface area contributed by atoms with E-state index in [9.17, 15) is 37.1 Å². The fourth-order valence-corrected chi connectivity index (χ4v) is 11.1. The Labute approximate surface area is 372 Å². The molecular formula is C46H56FN9O7S. The zero-order valence-electron chi connectivity index (χ0n) is 36.6. The standard InChI is InChI=1S/C46H56FN9O7S/c1-27(2)31-11-12-36(35-23-50-40(22-33(31)35)51-39-15-18-49-45(52-39)54-19-16-38(57)46(4,47)26-54)55-24-29(28(55)3)25-64(62,63)20-8-6-5-7-17-48-30-9-10-32-34(21-30)44(61)56(43(32)60)37-13-14-41(58)53-42(37)59/h9-12,15,18,21-23,27-29,37-38,48,57H,5-8,13-14,16-17,19-20,24-26H2,1-4H3,(H,53,58,59)(H,49,50,51,52)/t28-,29-,37?,38-,46+/m1/s1. The number of rotatable bonds is 16. The predicted molar refractivity (Wildman–Crippen MR) is 243 cm³/mol. The molecule has 4 aromatic rings. The number of nitrogens with one attached hydrogen (secondary N) is 3. The number of imide groups is 2. The molecule has 4 amide bonds. The quantitative estimate of drug-likeness (QED) is 0.0810. The first kappa shape index (κ1) is 44.8. The number of sulfone groups is 1. The Morgan fingerprint density at radius 3 is 2.48 bits per heavy atom. The number of unbranched alkanes of at least 4 members (excludes halogenated alkanes) is 3. The summed E-state index contributed by atoms with van der Waals surface area (Å²) in [6.45, 7) is 9.40. The number of carbonyl (C=O) groups is 4. The van der Waals surface area contributed by atoms with Crippen molar-refractivity contribution in [2.75, 3.05) is 58.1 Å². The van der Waals surface area contributed by atoms with Gasteiger partial charge in [0.05, 0.1) is 35.3 Å². The highest BCUT2D eigenvalue weighted by molar-refractivity contribution is 7.91. The Balaban J connectivity index is 0.805. The monoisotopic (exact) mass is 897 g/mol. The summed E-state index contributed by atoms with van der Waals surface area (Å²) in [5, 5.41) is 20.9. The topological polar surface area (TPSA) is 207 Å². The molecule has 18 heteroatoms. The van der Waals surface area contributed by atoms with Gasteiger partial charge >= 0.3 is 0 Å². The number of aliphatic hydroxyl groups excluding tert-OH is 1. The van der Waals surface area contributed by atoms with Crippen LogP contribution in [0.25, 0.3) is 10.8 Å². The van der Waals surface area contributed by atoms with Crippen LogP contribution >= 0.6 is 0 Å². The minimum absolute atomic E-state index is 0.00101. The van der Waals surface area contributed by atoms with Crippen LogP contribution in [0.5, 0.6) is 0 Å². The van der Waals surface area contributed by atoms with Crippen molar-refractivity contribution >= 4 is 73.2 Å². The van der Waals surface area contributed by atoms with Gasteiger partial charge in [-0.05, 0) is 92.8 Å². The van der Waals surface area contributed by atoms with E-state index in [1.807, 2.05) is 12.3 Å². The highest BCUT2D eigenvalue weighted by atomic mass is 32.2. The average molecular weight is 898 g/mol. The molecule has 4 N–H and O–H groups in total. The lowest BCUT2D eigenvalue weighted by atomic mass is 9.88. The van der Waals surface area contributed by atoms with E-state index in [1.165, 1.54) is 6.92 Å². The van der Waals surface area contributed by atoms with Crippen LogP contribution in [0.4, 0.5) is 33.3 Å². The minimum atomic E-state index is -3.28. The summed E-state index contributed by atoms with van der Waals surface area (Å²) in [6, 6.07) is 11.9. The van der Waals surface area contributed by atoms with Crippen molar-refractivity contribution in [3.63, 3.8) is 0 Å². The maximum atomic E-state index is 14.9. The van der Waals surface area contributed by atoms with E-state index in [-0.39, 0.29) is 66.3 Å². The molecule has 0 aliphatic carbocycles. The first-order valence-corrected chi connectivity index (χ1v) is 24.0. The van der Waals surface area contributed by atoms with Crippen molar-refractivity contribution in [2.24, 2.45) is 5.92 Å². The third-order valence-corrected chi connectivity index (χ3v) is 15.0. The number of amides is 4. The molecule has 0 spiro atoms. The molecule has 1 unspecified atom stereocenters. The number of aliphatic hydroxyl groups is 1. The van der Waals surface area contributed by atoms with Crippen molar-refractivity contribution in [2.45, 2.75) is 102 Å². The van der Waals surface area contributed by atoms with E-state index in [2.05, 4.69) is 63.7 Å². The van der Waals surface area contributed by atoms with Gasteiger partial charge in [-0.25, -0.2) is 22.8 Å². The molecule has 4 aliphatic rings. The van der Waals surface area contributed by atoms with E-state index >= 15 is 0 Å². The highest BCUT2D eigenvalue weighted by Gasteiger charge is 2.45. The van der Waals surface area contributed by atoms with Crippen LogP contribution in [0.3, 0.4) is 0 Å². The number of alkyl halides is 1. The van der Waals surface area contributed by atoms with Crippen molar-refractivity contribution in [3.05, 3.63) is 71.5 Å². The molecule has 2 aromatic carbocycles. The van der Waals surface area contributed by atoms with Crippen LogP contribution < -0.4 is 25.8 Å². The van der Waals surface area contributed by atoms with Gasteiger partial charge < -0.3 is 25.5 Å². The summed E-state index contributed by atoms with van der Waals surface area (Å²) >= 11 is 0. The summed E-state index contributed by atoms with van der Waals surface area (Å²) in [7, 11) is -3.28. The van der Waals surface area contributed by atoms with Crippen molar-refractivity contribution in [1.29, 1.82) is 0 Å². The zero-order chi connectivity index (χ0) is 45.5. The average Bonchev–Trinajstić information content (AvgIpc) is 3.49. The van der Waals surface area contributed by atoms with Gasteiger partial charge in [0.1, 0.15) is 17.7 Å². The van der Waals surface area contributed by atoms with Gasteiger partial charge in [0, 0.05) is 67.2 Å². The van der Waals surface area contributed by atoms with E-state index in [0.29, 0.717) is 49.3 Å². The van der Waals surface area contributed by atoms with Crippen molar-refractivity contribution in [3.8, 4) is 0 Å². The number of hydrogen-bond donors (Lipinski definition) is 4. The number of anilines is 5. The van der Waals surface area contributed by atoms with Gasteiger partial charge in [-0.15, -0.1) is 0 Å². The highest BCUT2D eigenvalue weighted by Crippen LogP contribution is 2.40. The van der Waals surface area contributed by atoms with Crippen LogP contribution in [0, 0.1) is 5.92 Å². The molecule has 340 valence electrons. The Kier molecular flexibility index (Phi) is 12.6. The van der Waals surface area contributed by atoms with Crippen LogP contribution in [-0.4, -0.2) is 119 Å². The Morgan fingerprint density at radius 2 is 1.73 bits per heavy atom. The number of nitrogens with zero attached hydrogens (tertiary/aromatic N) is 6. The maximum Gasteiger partial charge on any atom is 0.262 e. The lowest BCUT2D eigenvalue weighted by Crippen LogP contribution is -2.57. The van der Waals surface area contributed by atoms with Crippen LogP contribution in [0.2, 0.25) is 0 Å². The second kappa shape index (κ2) is 18.0. The number of aromatic nitrogens is 3. The molecule has 0 bridgehead atoms. The van der Waals surface area contributed by atoms with Gasteiger partial charge in [-0.1, -0.05) is 32.8 Å². The number of pyridine rings is 1. The van der Waals surface area contributed by atoms with Crippen LogP contribution in [0.15, 0.2) is 54.9 Å². The normalized spacial score (nSPS) is 23.7. The fraction of sp³-hybridized carbons (Fsp3) is 0.500. The SMILES string of the molecule is CC(C)c1ccc(N2C[C@H](CS(=O)(=O)CCCCCCNc3ccc4c(c3)C(=O)N(C3CCC(=O)NC3=O)C4=O)[C@H]2C)c2cnc(Nc3ccnc(N4CC[C@@H](O)[C@@](C)(F)C4)n3)cc12. The van der Waals surface area contributed by atoms with E-state index in [4.69, 9.17) is 4.98 Å². The molecule has 8 rings (SSSR count). The summed E-state index contributed by atoms with van der Waals surface area (Å²) in [5.74, 6) is -0.205. The molecule has 3 saturated heterocycles. The molecule has 0 radical (unpaired) electrons. The molecule has 4 aliphatic heterocycles. The summed E-state index contributed by atoms with van der Waals surface area (Å²) in [4.78, 5) is 68.7. The Bertz CT molecular complexity index is 2590. The number of halogens is 1. The van der Waals surface area contributed by atoms with Crippen LogP contribution in [0.1, 0.15) is 105 Å². The van der Waals surface area contributed by atoms with Gasteiger partial charge in [-0.3, -0.25) is 29.4 Å². The number of piperidine rings is 2. The van der Waals surface area contributed by atoms with Crippen molar-refractivity contribution in [1.82, 2.24) is 25.2 Å². The van der Waals surface area contributed by atoms with E-state index in [0.717, 1.165) is 46.2 Å². The molecule has 5 atom stereocenters. The molecule has 64 heavy (non-hydrogen) atoms. The lowest BCUT2D eigenvalue weighted by molar-refractivity contribution is -0.136. The van der Waals surface area contributed by atoms with Crippen LogP contribution in [-0.2, 0) is 19.4 Å². The Morgan fingerprint density at radius 1 is 0.953 bits per heavy atom. The maximum absolute atomic E-state index is 14.9. The largest absolute Gasteiger partial charge is 0.390 e. The number of benzene rings is 2. The molecule has 2 aromatic heterocycles. The molecule has 6 heterocycles. The summed E-state index contributed by atoms with van der Waals surface area (Å²) < 4.78 is 41.5. The smallest absolute Gasteiger partial charge is 0.262 e. The number of carbonyl (C=O) groups excluding carboxylic acids is 4. The van der Waals surface area contributed by atoms with E-state index in [1.54, 1.807) is 35.4 Å². The summed E-state index contributed by atoms with van der Waals surface area (Å²) in [5.41, 5.74) is 1.50. The predicted octanol–water partition coefficient (Wildman–Crippen LogP) is 5.50. The summed E-state index contributed by atoms with van der Waals surface area (Å²) in [6.07, 6.45) is 5.79. The Hall–Kier alpha value is -5.75. The van der Waals surface area contributed by atoms with E-state index < -0.39 is 51.3 Å². The first-order chi connectivity index (χ1) is 30.5. The zero-order valence-corrected chi connectivity index (χ0v) is 37.5. The molecular weight excluding hydrogens is 842 g/mol. The minimum Gasteiger partial charge on any atom is -0.390 e. The van der Waals surface area contributed by atoms with Gasteiger partial charge in [0.2, 0.25) is 17.8 Å². The van der Waals surface area contributed by atoms with Gasteiger partial charge in [0.25, 0.3) is 11.8 Å². The molecule has 3 fully saturated rings. The lowest BCUT2D eigenvalue weighted by Gasteiger charge is -2.48. The second-order valence-electron chi connectivity index (χ2n) is 18.1. The fourth-order valence-electron chi connectivity index (χ4n) is 9.30. The van der Waals surface area contributed by atoms with Gasteiger partial charge in [-0.2, -0.15) is 4.98 Å². The van der Waals surface area contributed by atoms with Gasteiger partial charge in [0.15, 0.2) is 15.5 Å². The third-order valence-electron chi connectivity index (χ3n) is 13.1. The second-order valence-corrected chi connectivity index (χ2v) is 20.4. The molecule has 0 saturated carbocycles. The molecule has 16 nitrogen and oxygen atoms in total. The number of hydrogen-bond acceptors (Lipinski definition) is 14. The van der Waals surface area contributed by atoms with Crippen molar-refractivity contribution < 1.29 is 37.1 Å². The number of fused-ring (bicyclic) bond motifs is 2.